The largest absolute Gasteiger partial charge is 0.454 e. The van der Waals surface area contributed by atoms with E-state index in [2.05, 4.69) is 0 Å². The number of benzene rings is 2. The smallest absolute Gasteiger partial charge is 0.165 e. The third kappa shape index (κ3) is 3.09. The Kier molecular flexibility index (Phi) is 3.81. The minimum atomic E-state index is -0.904. The Morgan fingerprint density at radius 3 is 2.47 bits per heavy atom. The SMILES string of the molecule is Cc1ccc(F)c(Oc2ccc(F)cc2[C@H](C)O)c1. The van der Waals surface area contributed by atoms with E-state index >= 15 is 0 Å². The molecule has 0 saturated carbocycles. The van der Waals surface area contributed by atoms with Gasteiger partial charge in [0.15, 0.2) is 11.6 Å². The Morgan fingerprint density at radius 2 is 1.79 bits per heavy atom. The van der Waals surface area contributed by atoms with E-state index in [1.54, 1.807) is 12.1 Å². The maximum Gasteiger partial charge on any atom is 0.165 e. The van der Waals surface area contributed by atoms with Crippen LogP contribution in [0.3, 0.4) is 0 Å². The molecule has 4 heteroatoms. The van der Waals surface area contributed by atoms with E-state index in [4.69, 9.17) is 4.74 Å². The molecule has 2 nitrogen and oxygen atoms in total. The number of rotatable bonds is 3. The highest BCUT2D eigenvalue weighted by atomic mass is 19.1. The second kappa shape index (κ2) is 5.36. The van der Waals surface area contributed by atoms with Gasteiger partial charge in [0.25, 0.3) is 0 Å². The molecule has 2 rings (SSSR count). The Hall–Kier alpha value is -1.94. The van der Waals surface area contributed by atoms with Crippen molar-refractivity contribution in [3.63, 3.8) is 0 Å². The zero-order chi connectivity index (χ0) is 14.0. The first kappa shape index (κ1) is 13.5. The lowest BCUT2D eigenvalue weighted by molar-refractivity contribution is 0.195. The third-order valence-corrected chi connectivity index (χ3v) is 2.73. The number of hydrogen-bond acceptors (Lipinski definition) is 2. The molecule has 0 bridgehead atoms. The van der Waals surface area contributed by atoms with Gasteiger partial charge < -0.3 is 9.84 Å². The van der Waals surface area contributed by atoms with Crippen LogP contribution in [0.15, 0.2) is 36.4 Å². The van der Waals surface area contributed by atoms with Crippen LogP contribution in [0.1, 0.15) is 24.2 Å². The van der Waals surface area contributed by atoms with E-state index in [-0.39, 0.29) is 17.1 Å². The second-order valence-corrected chi connectivity index (χ2v) is 4.39. The van der Waals surface area contributed by atoms with Crippen LogP contribution in [-0.4, -0.2) is 5.11 Å². The van der Waals surface area contributed by atoms with Gasteiger partial charge in [-0.05, 0) is 49.7 Å². The lowest BCUT2D eigenvalue weighted by Gasteiger charge is -2.14. The molecule has 0 aliphatic carbocycles. The summed E-state index contributed by atoms with van der Waals surface area (Å²) in [5, 5.41) is 9.59. The summed E-state index contributed by atoms with van der Waals surface area (Å²) in [6.07, 6.45) is -0.904. The van der Waals surface area contributed by atoms with Gasteiger partial charge in [0.1, 0.15) is 11.6 Å². The molecular weight excluding hydrogens is 250 g/mol. The summed E-state index contributed by atoms with van der Waals surface area (Å²) in [6, 6.07) is 8.23. The van der Waals surface area contributed by atoms with Crippen molar-refractivity contribution in [1.82, 2.24) is 0 Å². The maximum absolute atomic E-state index is 13.6. The van der Waals surface area contributed by atoms with Crippen molar-refractivity contribution in [2.75, 3.05) is 0 Å². The molecule has 0 spiro atoms. The first-order valence-electron chi connectivity index (χ1n) is 5.89. The van der Waals surface area contributed by atoms with Gasteiger partial charge in [-0.25, -0.2) is 8.78 Å². The van der Waals surface area contributed by atoms with E-state index < -0.39 is 17.7 Å². The number of ether oxygens (including phenoxy) is 1. The van der Waals surface area contributed by atoms with Gasteiger partial charge in [-0.3, -0.25) is 0 Å². The predicted molar refractivity (Wildman–Crippen MR) is 68.2 cm³/mol. The highest BCUT2D eigenvalue weighted by molar-refractivity contribution is 5.40. The average Bonchev–Trinajstić information content (AvgIpc) is 2.35. The fourth-order valence-electron chi connectivity index (χ4n) is 1.75. The van der Waals surface area contributed by atoms with E-state index in [9.17, 15) is 13.9 Å². The zero-order valence-corrected chi connectivity index (χ0v) is 10.7. The van der Waals surface area contributed by atoms with Crippen molar-refractivity contribution in [2.24, 2.45) is 0 Å². The van der Waals surface area contributed by atoms with Crippen molar-refractivity contribution in [2.45, 2.75) is 20.0 Å². The van der Waals surface area contributed by atoms with Gasteiger partial charge in [0.05, 0.1) is 6.10 Å². The summed E-state index contributed by atoms with van der Waals surface area (Å²) in [7, 11) is 0. The van der Waals surface area contributed by atoms with E-state index in [1.165, 1.54) is 31.2 Å². The summed E-state index contributed by atoms with van der Waals surface area (Å²) in [6.45, 7) is 3.31. The van der Waals surface area contributed by atoms with E-state index in [0.717, 1.165) is 5.56 Å². The number of hydrogen-bond donors (Lipinski definition) is 1. The Morgan fingerprint density at radius 1 is 1.05 bits per heavy atom. The minimum absolute atomic E-state index is 0.0495. The lowest BCUT2D eigenvalue weighted by Crippen LogP contribution is -1.98. The molecule has 0 heterocycles. The van der Waals surface area contributed by atoms with E-state index in [0.29, 0.717) is 0 Å². The minimum Gasteiger partial charge on any atom is -0.454 e. The monoisotopic (exact) mass is 264 g/mol. The molecule has 0 aliphatic rings. The first-order chi connectivity index (χ1) is 8.97. The van der Waals surface area contributed by atoms with Crippen LogP contribution in [0.4, 0.5) is 8.78 Å². The van der Waals surface area contributed by atoms with Crippen molar-refractivity contribution in [1.29, 1.82) is 0 Å². The maximum atomic E-state index is 13.6. The first-order valence-corrected chi connectivity index (χ1v) is 5.89. The zero-order valence-electron chi connectivity index (χ0n) is 10.7. The predicted octanol–water partition coefficient (Wildman–Crippen LogP) is 4.12. The van der Waals surface area contributed by atoms with Crippen molar-refractivity contribution in [3.8, 4) is 11.5 Å². The standard InChI is InChI=1S/C15H14F2O2/c1-9-3-5-13(17)15(7-9)19-14-6-4-11(16)8-12(14)10(2)18/h3-8,10,18H,1-2H3/t10-/m0/s1. The molecule has 2 aromatic rings. The van der Waals surface area contributed by atoms with E-state index in [1.807, 2.05) is 6.92 Å². The fourth-order valence-corrected chi connectivity index (χ4v) is 1.75. The number of aryl methyl sites for hydroxylation is 1. The third-order valence-electron chi connectivity index (χ3n) is 2.73. The van der Waals surface area contributed by atoms with Crippen LogP contribution in [0.2, 0.25) is 0 Å². The molecule has 0 saturated heterocycles. The summed E-state index contributed by atoms with van der Waals surface area (Å²) in [5.41, 5.74) is 1.12. The molecule has 1 N–H and O–H groups in total. The number of aliphatic hydroxyl groups excluding tert-OH is 1. The van der Waals surface area contributed by atoms with Crippen LogP contribution in [-0.2, 0) is 0 Å². The molecule has 0 aliphatic heterocycles. The number of halogens is 2. The van der Waals surface area contributed by atoms with Crippen LogP contribution in [0.25, 0.3) is 0 Å². The summed E-state index contributed by atoms with van der Waals surface area (Å²) < 4.78 is 32.2. The Labute approximate surface area is 110 Å². The van der Waals surface area contributed by atoms with Crippen LogP contribution < -0.4 is 4.74 Å². The summed E-state index contributed by atoms with van der Waals surface area (Å²) in [5.74, 6) is -0.700. The summed E-state index contributed by atoms with van der Waals surface area (Å²) in [4.78, 5) is 0. The molecule has 2 aromatic carbocycles. The molecule has 0 aromatic heterocycles. The molecule has 100 valence electrons. The topological polar surface area (TPSA) is 29.5 Å². The Balaban J connectivity index is 2.40. The molecule has 0 unspecified atom stereocenters. The number of aliphatic hydroxyl groups is 1. The van der Waals surface area contributed by atoms with Crippen molar-refractivity contribution >= 4 is 0 Å². The molecular formula is C15H14F2O2. The van der Waals surface area contributed by atoms with Crippen LogP contribution in [0, 0.1) is 18.6 Å². The normalized spacial score (nSPS) is 12.3. The van der Waals surface area contributed by atoms with Crippen LogP contribution in [0.5, 0.6) is 11.5 Å². The van der Waals surface area contributed by atoms with Crippen LogP contribution >= 0.6 is 0 Å². The molecule has 19 heavy (non-hydrogen) atoms. The molecule has 0 fully saturated rings. The highest BCUT2D eigenvalue weighted by Crippen LogP contribution is 2.31. The van der Waals surface area contributed by atoms with Crippen molar-refractivity contribution in [3.05, 3.63) is 59.2 Å². The second-order valence-electron chi connectivity index (χ2n) is 4.39. The fraction of sp³-hybridized carbons (Fsp3) is 0.200. The highest BCUT2D eigenvalue weighted by Gasteiger charge is 2.13. The molecule has 0 radical (unpaired) electrons. The average molecular weight is 264 g/mol. The molecule has 0 amide bonds. The molecule has 1 atom stereocenters. The van der Waals surface area contributed by atoms with Gasteiger partial charge in [-0.2, -0.15) is 0 Å². The van der Waals surface area contributed by atoms with Gasteiger partial charge >= 0.3 is 0 Å². The van der Waals surface area contributed by atoms with Gasteiger partial charge in [-0.15, -0.1) is 0 Å². The Bertz CT molecular complexity index is 595. The van der Waals surface area contributed by atoms with Gasteiger partial charge in [0.2, 0.25) is 0 Å². The lowest BCUT2D eigenvalue weighted by atomic mass is 10.1. The van der Waals surface area contributed by atoms with Gasteiger partial charge in [-0.1, -0.05) is 6.07 Å². The summed E-state index contributed by atoms with van der Waals surface area (Å²) >= 11 is 0. The quantitative estimate of drug-likeness (QED) is 0.903. The van der Waals surface area contributed by atoms with Crippen molar-refractivity contribution < 1.29 is 18.6 Å². The van der Waals surface area contributed by atoms with Gasteiger partial charge in [0, 0.05) is 5.56 Å².